The van der Waals surface area contributed by atoms with Crippen LogP contribution in [-0.4, -0.2) is 24.4 Å². The van der Waals surface area contributed by atoms with Crippen LogP contribution in [0.4, 0.5) is 11.4 Å². The zero-order chi connectivity index (χ0) is 20.4. The Balaban J connectivity index is 1.84. The fraction of sp³-hybridized carbons (Fsp3) is 0.105. The van der Waals surface area contributed by atoms with Crippen LogP contribution in [0.25, 0.3) is 0 Å². The molecule has 0 bridgehead atoms. The van der Waals surface area contributed by atoms with Gasteiger partial charge >= 0.3 is 5.97 Å². The second kappa shape index (κ2) is 8.22. The number of esters is 1. The Morgan fingerprint density at radius 3 is 2.18 bits per heavy atom. The summed E-state index contributed by atoms with van der Waals surface area (Å²) < 4.78 is 4.91. The Hall–Kier alpha value is -2.54. The van der Waals surface area contributed by atoms with Crippen molar-refractivity contribution in [2.24, 2.45) is 0 Å². The third-order valence-electron chi connectivity index (χ3n) is 3.80. The number of ether oxygens (including phenoxy) is 1. The van der Waals surface area contributed by atoms with E-state index in [4.69, 9.17) is 39.5 Å². The lowest BCUT2D eigenvalue weighted by Gasteiger charge is -2.16. The van der Waals surface area contributed by atoms with Gasteiger partial charge in [-0.25, -0.2) is 9.69 Å². The molecule has 0 atom stereocenters. The van der Waals surface area contributed by atoms with Crippen molar-refractivity contribution in [3.63, 3.8) is 0 Å². The second-order valence-corrected chi connectivity index (χ2v) is 6.94. The van der Waals surface area contributed by atoms with E-state index < -0.39 is 17.8 Å². The van der Waals surface area contributed by atoms with Crippen molar-refractivity contribution in [1.29, 1.82) is 0 Å². The molecule has 0 unspecified atom stereocenters. The van der Waals surface area contributed by atoms with Crippen molar-refractivity contribution in [2.75, 3.05) is 16.8 Å². The van der Waals surface area contributed by atoms with Gasteiger partial charge in [0.2, 0.25) is 0 Å². The molecule has 0 spiro atoms. The molecule has 0 saturated carbocycles. The molecule has 2 aromatic rings. The number of carbonyl (C=O) groups is 3. The number of halogens is 3. The standard InChI is InChI=1S/C19H13Cl3N2O4/c1-2-28-19(27)10-3-5-13(6-4-10)23-16-15(22)17(25)24(18(16)26)14-8-11(20)7-12(21)9-14/h3-9,23H,2H2,1H3. The molecule has 0 saturated heterocycles. The lowest BCUT2D eigenvalue weighted by atomic mass is 10.2. The first kappa shape index (κ1) is 20.2. The highest BCUT2D eigenvalue weighted by Gasteiger charge is 2.39. The summed E-state index contributed by atoms with van der Waals surface area (Å²) in [4.78, 5) is 37.8. The Bertz CT molecular complexity index is 982. The fourth-order valence-electron chi connectivity index (χ4n) is 2.56. The number of anilines is 2. The average Bonchev–Trinajstić information content (AvgIpc) is 2.85. The number of rotatable bonds is 5. The molecule has 9 heteroatoms. The lowest BCUT2D eigenvalue weighted by Crippen LogP contribution is -2.32. The molecule has 2 aromatic carbocycles. The molecule has 1 aliphatic rings. The number of hydrogen-bond acceptors (Lipinski definition) is 5. The maximum Gasteiger partial charge on any atom is 0.338 e. The topological polar surface area (TPSA) is 75.7 Å². The molecular weight excluding hydrogens is 427 g/mol. The first-order valence-electron chi connectivity index (χ1n) is 8.10. The Morgan fingerprint density at radius 2 is 1.61 bits per heavy atom. The van der Waals surface area contributed by atoms with Gasteiger partial charge in [-0.2, -0.15) is 0 Å². The largest absolute Gasteiger partial charge is 0.462 e. The van der Waals surface area contributed by atoms with Crippen molar-refractivity contribution < 1.29 is 19.1 Å². The van der Waals surface area contributed by atoms with Crippen molar-refractivity contribution in [2.45, 2.75) is 6.92 Å². The van der Waals surface area contributed by atoms with Gasteiger partial charge in [0.05, 0.1) is 17.9 Å². The van der Waals surface area contributed by atoms with Crippen LogP contribution in [-0.2, 0) is 14.3 Å². The van der Waals surface area contributed by atoms with Crippen LogP contribution in [0.1, 0.15) is 17.3 Å². The smallest absolute Gasteiger partial charge is 0.338 e. The molecule has 144 valence electrons. The highest BCUT2D eigenvalue weighted by molar-refractivity contribution is 6.53. The second-order valence-electron chi connectivity index (χ2n) is 5.69. The fourth-order valence-corrected chi connectivity index (χ4v) is 3.29. The summed E-state index contributed by atoms with van der Waals surface area (Å²) in [5.74, 6) is -1.80. The molecule has 1 aliphatic heterocycles. The van der Waals surface area contributed by atoms with Crippen molar-refractivity contribution >= 4 is 64.0 Å². The first-order valence-corrected chi connectivity index (χ1v) is 9.24. The van der Waals surface area contributed by atoms with Gasteiger partial charge < -0.3 is 10.1 Å². The van der Waals surface area contributed by atoms with Crippen LogP contribution in [0, 0.1) is 0 Å². The minimum Gasteiger partial charge on any atom is -0.462 e. The van der Waals surface area contributed by atoms with E-state index in [1.165, 1.54) is 30.3 Å². The van der Waals surface area contributed by atoms with Crippen molar-refractivity contribution in [3.05, 3.63) is 68.8 Å². The zero-order valence-electron chi connectivity index (χ0n) is 14.5. The minimum atomic E-state index is -0.698. The molecule has 0 aromatic heterocycles. The van der Waals surface area contributed by atoms with E-state index in [1.807, 2.05) is 0 Å². The van der Waals surface area contributed by atoms with Crippen LogP contribution in [0.15, 0.2) is 53.2 Å². The van der Waals surface area contributed by atoms with Gasteiger partial charge in [-0.05, 0) is 49.4 Å². The molecule has 1 N–H and O–H groups in total. The van der Waals surface area contributed by atoms with Crippen molar-refractivity contribution in [3.8, 4) is 0 Å². The molecule has 0 fully saturated rings. The van der Waals surface area contributed by atoms with E-state index >= 15 is 0 Å². The molecular formula is C19H13Cl3N2O4. The average molecular weight is 440 g/mol. The van der Waals surface area contributed by atoms with Gasteiger partial charge in [0.25, 0.3) is 11.8 Å². The summed E-state index contributed by atoms with van der Waals surface area (Å²) in [6, 6.07) is 10.6. The molecule has 1 heterocycles. The zero-order valence-corrected chi connectivity index (χ0v) is 16.7. The Kier molecular flexibility index (Phi) is 5.93. The minimum absolute atomic E-state index is 0.0911. The summed E-state index contributed by atoms with van der Waals surface area (Å²) in [6.07, 6.45) is 0. The number of amides is 2. The summed E-state index contributed by atoms with van der Waals surface area (Å²) in [5, 5.41) is 3.09. The van der Waals surface area contributed by atoms with Gasteiger partial charge in [0.15, 0.2) is 0 Å². The maximum atomic E-state index is 12.8. The monoisotopic (exact) mass is 438 g/mol. The predicted octanol–water partition coefficient (Wildman–Crippen LogP) is 4.61. The van der Waals surface area contributed by atoms with E-state index in [-0.39, 0.29) is 33.1 Å². The van der Waals surface area contributed by atoms with Crippen LogP contribution >= 0.6 is 34.8 Å². The summed E-state index contributed by atoms with van der Waals surface area (Å²) in [7, 11) is 0. The quantitative estimate of drug-likeness (QED) is 0.544. The number of imide groups is 1. The molecule has 28 heavy (non-hydrogen) atoms. The molecule has 2 amide bonds. The van der Waals surface area contributed by atoms with Gasteiger partial charge in [-0.15, -0.1) is 0 Å². The van der Waals surface area contributed by atoms with E-state index in [9.17, 15) is 14.4 Å². The lowest BCUT2D eigenvalue weighted by molar-refractivity contribution is -0.120. The highest BCUT2D eigenvalue weighted by Crippen LogP contribution is 2.33. The third kappa shape index (κ3) is 3.99. The number of hydrogen-bond donors (Lipinski definition) is 1. The summed E-state index contributed by atoms with van der Waals surface area (Å²) in [5.41, 5.74) is 0.941. The Morgan fingerprint density at radius 1 is 1.00 bits per heavy atom. The molecule has 0 radical (unpaired) electrons. The van der Waals surface area contributed by atoms with Gasteiger partial charge in [-0.3, -0.25) is 9.59 Å². The third-order valence-corrected chi connectivity index (χ3v) is 4.59. The normalized spacial score (nSPS) is 13.9. The first-order chi connectivity index (χ1) is 13.3. The SMILES string of the molecule is CCOC(=O)c1ccc(NC2=C(Cl)C(=O)N(c3cc(Cl)cc(Cl)c3)C2=O)cc1. The molecule has 0 aliphatic carbocycles. The van der Waals surface area contributed by atoms with Gasteiger partial charge in [0.1, 0.15) is 10.7 Å². The van der Waals surface area contributed by atoms with Crippen LogP contribution in [0.5, 0.6) is 0 Å². The van der Waals surface area contributed by atoms with Crippen molar-refractivity contribution in [1.82, 2.24) is 0 Å². The number of carbonyl (C=O) groups excluding carboxylic acids is 3. The summed E-state index contributed by atoms with van der Waals surface area (Å²) >= 11 is 18.0. The van der Waals surface area contributed by atoms with Crippen LogP contribution < -0.4 is 10.2 Å². The highest BCUT2D eigenvalue weighted by atomic mass is 35.5. The molecule has 3 rings (SSSR count). The molecule has 6 nitrogen and oxygen atoms in total. The van der Waals surface area contributed by atoms with Crippen LogP contribution in [0.3, 0.4) is 0 Å². The van der Waals surface area contributed by atoms with Gasteiger partial charge in [0, 0.05) is 15.7 Å². The van der Waals surface area contributed by atoms with E-state index in [2.05, 4.69) is 5.32 Å². The Labute approximate surface area is 175 Å². The van der Waals surface area contributed by atoms with Crippen LogP contribution in [0.2, 0.25) is 10.0 Å². The number of nitrogens with one attached hydrogen (secondary N) is 1. The van der Waals surface area contributed by atoms with E-state index in [1.54, 1.807) is 19.1 Å². The summed E-state index contributed by atoms with van der Waals surface area (Å²) in [6.45, 7) is 1.98. The number of nitrogens with zero attached hydrogens (tertiary/aromatic N) is 1. The predicted molar refractivity (Wildman–Crippen MR) is 108 cm³/mol. The van der Waals surface area contributed by atoms with E-state index in [0.29, 0.717) is 11.3 Å². The maximum absolute atomic E-state index is 12.8. The number of benzene rings is 2. The van der Waals surface area contributed by atoms with E-state index in [0.717, 1.165) is 4.90 Å². The van der Waals surface area contributed by atoms with Gasteiger partial charge in [-0.1, -0.05) is 34.8 Å².